The number of benzene rings is 1. The number of nitrogens with one attached hydrogen (secondary N) is 2. The fourth-order valence-corrected chi connectivity index (χ4v) is 2.89. The van der Waals surface area contributed by atoms with Gasteiger partial charge >= 0.3 is 12.2 Å². The van der Waals surface area contributed by atoms with Crippen LogP contribution in [0.5, 0.6) is 0 Å². The van der Waals surface area contributed by atoms with Gasteiger partial charge in [-0.2, -0.15) is 0 Å². The van der Waals surface area contributed by atoms with E-state index in [9.17, 15) is 9.59 Å². The maximum absolute atomic E-state index is 12.2. The molecule has 1 aliphatic carbocycles. The number of alkyl carbamates (subject to hydrolysis) is 1. The summed E-state index contributed by atoms with van der Waals surface area (Å²) in [5.41, 5.74) is 1.90. The number of ether oxygens (including phenoxy) is 2. The van der Waals surface area contributed by atoms with E-state index in [-0.39, 0.29) is 5.96 Å². The van der Waals surface area contributed by atoms with E-state index in [2.05, 4.69) is 21.7 Å². The number of hydrogen-bond acceptors (Lipinski definition) is 4. The molecule has 0 fully saturated rings. The van der Waals surface area contributed by atoms with Crippen LogP contribution in [-0.2, 0) is 22.3 Å². The lowest BCUT2D eigenvalue weighted by molar-refractivity contribution is 0.0562. The van der Waals surface area contributed by atoms with Crippen molar-refractivity contribution in [2.45, 2.75) is 78.4 Å². The number of aliphatic imine (C=N–C) groups is 1. The summed E-state index contributed by atoms with van der Waals surface area (Å²) in [5.74, 6) is -0.0255. The molecule has 7 heteroatoms. The Morgan fingerprint density at radius 3 is 2.25 bits per heavy atom. The van der Waals surface area contributed by atoms with Crippen LogP contribution in [0, 0.1) is 0 Å². The molecule has 0 unspecified atom stereocenters. The number of carbonyl (C=O) groups excluding carboxylic acids is 2. The second-order valence-electron chi connectivity index (χ2n) is 8.84. The van der Waals surface area contributed by atoms with Gasteiger partial charge in [-0.1, -0.05) is 12.1 Å². The number of amides is 2. The molecule has 0 spiro atoms. The standard InChI is InChI=1S/C21H31N3O4/c1-20(2,3)27-18(25)23-17(24-19(26)28-21(4,5)6)22-16-13-9-11-14-10-7-8-12-15(14)16/h9,11,13H,7-8,10,12H2,1-6H3,(H2,22,23,24,25,26). The van der Waals surface area contributed by atoms with E-state index in [1.54, 1.807) is 41.5 Å². The monoisotopic (exact) mass is 389 g/mol. The van der Waals surface area contributed by atoms with Crippen molar-refractivity contribution in [2.24, 2.45) is 4.99 Å². The zero-order valence-corrected chi connectivity index (χ0v) is 17.6. The second-order valence-corrected chi connectivity index (χ2v) is 8.84. The van der Waals surface area contributed by atoms with Gasteiger partial charge in [-0.3, -0.25) is 5.32 Å². The van der Waals surface area contributed by atoms with Gasteiger partial charge in [0.2, 0.25) is 5.96 Å². The number of hydrogen-bond donors (Lipinski definition) is 2. The molecule has 0 radical (unpaired) electrons. The third-order valence-corrected chi connectivity index (χ3v) is 3.86. The predicted molar refractivity (Wildman–Crippen MR) is 110 cm³/mol. The van der Waals surface area contributed by atoms with Crippen molar-refractivity contribution in [3.8, 4) is 0 Å². The minimum atomic E-state index is -0.796. The summed E-state index contributed by atoms with van der Waals surface area (Å²) in [6.07, 6.45) is 2.71. The van der Waals surface area contributed by atoms with E-state index in [0.29, 0.717) is 0 Å². The zero-order chi connectivity index (χ0) is 20.9. The SMILES string of the molecule is CC(C)(C)OC(=O)/N=C(/NC(=O)OC(C)(C)C)Nc1cccc2c1CCCC2. The average molecular weight is 389 g/mol. The molecule has 1 aromatic rings. The van der Waals surface area contributed by atoms with E-state index in [0.717, 1.165) is 31.4 Å². The van der Waals surface area contributed by atoms with E-state index in [1.165, 1.54) is 11.1 Å². The molecule has 28 heavy (non-hydrogen) atoms. The van der Waals surface area contributed by atoms with Gasteiger partial charge in [0.15, 0.2) is 0 Å². The minimum absolute atomic E-state index is 0.0255. The van der Waals surface area contributed by atoms with Crippen molar-refractivity contribution in [3.05, 3.63) is 29.3 Å². The van der Waals surface area contributed by atoms with Gasteiger partial charge in [-0.15, -0.1) is 4.99 Å². The Hall–Kier alpha value is -2.57. The summed E-state index contributed by atoms with van der Waals surface area (Å²) >= 11 is 0. The molecule has 0 bridgehead atoms. The summed E-state index contributed by atoms with van der Waals surface area (Å²) in [4.78, 5) is 28.3. The summed E-state index contributed by atoms with van der Waals surface area (Å²) in [6, 6.07) is 5.96. The van der Waals surface area contributed by atoms with Gasteiger partial charge in [0.25, 0.3) is 0 Å². The first-order valence-electron chi connectivity index (χ1n) is 9.62. The molecule has 1 aliphatic rings. The van der Waals surface area contributed by atoms with Crippen LogP contribution in [0.1, 0.15) is 65.5 Å². The van der Waals surface area contributed by atoms with Crippen LogP contribution in [0.15, 0.2) is 23.2 Å². The van der Waals surface area contributed by atoms with Gasteiger partial charge in [0, 0.05) is 5.69 Å². The largest absolute Gasteiger partial charge is 0.444 e. The van der Waals surface area contributed by atoms with Crippen LogP contribution in [0.3, 0.4) is 0 Å². The van der Waals surface area contributed by atoms with Crippen LogP contribution >= 0.6 is 0 Å². The van der Waals surface area contributed by atoms with E-state index in [4.69, 9.17) is 9.47 Å². The minimum Gasteiger partial charge on any atom is -0.444 e. The molecule has 0 aromatic heterocycles. The molecule has 1 aromatic carbocycles. The number of rotatable bonds is 1. The predicted octanol–water partition coefficient (Wildman–Crippen LogP) is 4.79. The molecule has 154 valence electrons. The highest BCUT2D eigenvalue weighted by Crippen LogP contribution is 2.27. The number of guanidine groups is 1. The lowest BCUT2D eigenvalue weighted by Crippen LogP contribution is -2.40. The van der Waals surface area contributed by atoms with Crippen molar-refractivity contribution in [3.63, 3.8) is 0 Å². The van der Waals surface area contributed by atoms with Crippen molar-refractivity contribution in [2.75, 3.05) is 5.32 Å². The molecule has 2 amide bonds. The number of carbonyl (C=O) groups is 2. The highest BCUT2D eigenvalue weighted by Gasteiger charge is 2.21. The Labute approximate surface area is 166 Å². The van der Waals surface area contributed by atoms with Crippen molar-refractivity contribution in [1.82, 2.24) is 5.32 Å². The first-order chi connectivity index (χ1) is 12.9. The highest BCUT2D eigenvalue weighted by atomic mass is 16.6. The van der Waals surface area contributed by atoms with Crippen molar-refractivity contribution >= 4 is 23.8 Å². The first-order valence-corrected chi connectivity index (χ1v) is 9.62. The lowest BCUT2D eigenvalue weighted by atomic mass is 9.90. The smallest absolute Gasteiger partial charge is 0.437 e. The summed E-state index contributed by atoms with van der Waals surface area (Å²) in [5, 5.41) is 5.60. The second kappa shape index (κ2) is 8.63. The summed E-state index contributed by atoms with van der Waals surface area (Å²) in [6.45, 7) is 10.5. The number of aryl methyl sites for hydroxylation is 1. The van der Waals surface area contributed by atoms with Crippen LogP contribution in [0.2, 0.25) is 0 Å². The van der Waals surface area contributed by atoms with Gasteiger partial charge in [0.05, 0.1) is 0 Å². The third kappa shape index (κ3) is 7.21. The quantitative estimate of drug-likeness (QED) is 0.532. The Bertz CT molecular complexity index is 758. The Morgan fingerprint density at radius 2 is 1.61 bits per heavy atom. The fourth-order valence-electron chi connectivity index (χ4n) is 2.89. The van der Waals surface area contributed by atoms with Gasteiger partial charge in [0.1, 0.15) is 11.2 Å². The molecular weight excluding hydrogens is 358 g/mol. The third-order valence-electron chi connectivity index (χ3n) is 3.86. The van der Waals surface area contributed by atoms with Crippen LogP contribution in [0.25, 0.3) is 0 Å². The molecule has 2 rings (SSSR count). The maximum atomic E-state index is 12.2. The molecule has 0 heterocycles. The molecule has 0 saturated carbocycles. The Kier molecular flexibility index (Phi) is 6.69. The van der Waals surface area contributed by atoms with E-state index < -0.39 is 23.4 Å². The van der Waals surface area contributed by atoms with Crippen molar-refractivity contribution < 1.29 is 19.1 Å². The zero-order valence-electron chi connectivity index (χ0n) is 17.6. The average Bonchev–Trinajstić information content (AvgIpc) is 2.51. The molecule has 0 aliphatic heterocycles. The number of anilines is 1. The van der Waals surface area contributed by atoms with Crippen LogP contribution in [0.4, 0.5) is 15.3 Å². The van der Waals surface area contributed by atoms with Crippen LogP contribution in [-0.4, -0.2) is 29.3 Å². The first kappa shape index (κ1) is 21.7. The van der Waals surface area contributed by atoms with Crippen molar-refractivity contribution in [1.29, 1.82) is 0 Å². The Balaban J connectivity index is 2.25. The molecule has 2 N–H and O–H groups in total. The summed E-state index contributed by atoms with van der Waals surface area (Å²) in [7, 11) is 0. The topological polar surface area (TPSA) is 89.0 Å². The summed E-state index contributed by atoms with van der Waals surface area (Å²) < 4.78 is 10.5. The lowest BCUT2D eigenvalue weighted by Gasteiger charge is -2.23. The molecule has 0 saturated heterocycles. The van der Waals surface area contributed by atoms with E-state index >= 15 is 0 Å². The number of nitrogens with zero attached hydrogens (tertiary/aromatic N) is 1. The van der Waals surface area contributed by atoms with Gasteiger partial charge in [-0.05, 0) is 84.4 Å². The molecular formula is C21H31N3O4. The normalized spacial score (nSPS) is 14.7. The number of fused-ring (bicyclic) bond motifs is 1. The molecule has 7 nitrogen and oxygen atoms in total. The highest BCUT2D eigenvalue weighted by molar-refractivity contribution is 6.06. The Morgan fingerprint density at radius 1 is 0.964 bits per heavy atom. The van der Waals surface area contributed by atoms with Gasteiger partial charge < -0.3 is 14.8 Å². The van der Waals surface area contributed by atoms with Gasteiger partial charge in [-0.25, -0.2) is 9.59 Å². The fraction of sp³-hybridized carbons (Fsp3) is 0.571. The molecule has 0 atom stereocenters. The van der Waals surface area contributed by atoms with Crippen LogP contribution < -0.4 is 10.6 Å². The maximum Gasteiger partial charge on any atom is 0.437 e. The van der Waals surface area contributed by atoms with E-state index in [1.807, 2.05) is 12.1 Å².